The number of amides is 1. The van der Waals surface area contributed by atoms with Gasteiger partial charge in [0, 0.05) is 11.6 Å². The van der Waals surface area contributed by atoms with E-state index < -0.39 is 17.5 Å². The summed E-state index contributed by atoms with van der Waals surface area (Å²) < 4.78 is 5.65. The Morgan fingerprint density at radius 1 is 1.41 bits per heavy atom. The van der Waals surface area contributed by atoms with Crippen molar-refractivity contribution in [2.45, 2.75) is 39.2 Å². The summed E-state index contributed by atoms with van der Waals surface area (Å²) in [4.78, 5) is 23.3. The topological polar surface area (TPSA) is 75.6 Å². The average molecular weight is 328 g/mol. The van der Waals surface area contributed by atoms with Crippen LogP contribution in [-0.2, 0) is 9.59 Å². The van der Waals surface area contributed by atoms with Gasteiger partial charge in [0.2, 0.25) is 0 Å². The molecule has 0 aliphatic rings. The van der Waals surface area contributed by atoms with Gasteiger partial charge in [-0.1, -0.05) is 31.0 Å². The normalized spacial score (nSPS) is 12.5. The first-order chi connectivity index (χ1) is 10.3. The minimum absolute atomic E-state index is 0.0876. The molecule has 1 aromatic carbocycles. The highest BCUT2D eigenvalue weighted by atomic mass is 35.5. The average Bonchev–Trinajstić information content (AvgIpc) is 2.42. The lowest BCUT2D eigenvalue weighted by Gasteiger charge is -2.26. The molecular formula is C16H22ClNO4. The minimum Gasteiger partial charge on any atom is -0.481 e. The van der Waals surface area contributed by atoms with Crippen molar-refractivity contribution in [3.8, 4) is 5.75 Å². The zero-order chi connectivity index (χ0) is 16.8. The highest BCUT2D eigenvalue weighted by Crippen LogP contribution is 2.22. The second kappa shape index (κ2) is 8.03. The van der Waals surface area contributed by atoms with E-state index >= 15 is 0 Å². The summed E-state index contributed by atoms with van der Waals surface area (Å²) in [6, 6.07) is 6.77. The third-order valence-electron chi connectivity index (χ3n) is 3.21. The molecule has 0 fully saturated rings. The molecular weight excluding hydrogens is 306 g/mol. The van der Waals surface area contributed by atoms with E-state index in [-0.39, 0.29) is 12.5 Å². The Bertz CT molecular complexity index is 531. The van der Waals surface area contributed by atoms with E-state index in [4.69, 9.17) is 21.4 Å². The zero-order valence-corrected chi connectivity index (χ0v) is 13.8. The number of carboxylic acids is 1. The van der Waals surface area contributed by atoms with Crippen LogP contribution in [0, 0.1) is 5.92 Å². The number of carbonyl (C=O) groups is 2. The van der Waals surface area contributed by atoms with E-state index in [1.807, 2.05) is 6.92 Å². The van der Waals surface area contributed by atoms with Crippen LogP contribution in [-0.4, -0.2) is 29.1 Å². The van der Waals surface area contributed by atoms with Crippen LogP contribution in [0.5, 0.6) is 5.75 Å². The predicted molar refractivity (Wildman–Crippen MR) is 85.2 cm³/mol. The van der Waals surface area contributed by atoms with Crippen LogP contribution >= 0.6 is 11.6 Å². The van der Waals surface area contributed by atoms with Crippen molar-refractivity contribution in [2.75, 3.05) is 6.54 Å². The molecule has 22 heavy (non-hydrogen) atoms. The van der Waals surface area contributed by atoms with E-state index in [2.05, 4.69) is 5.32 Å². The SMILES string of the molecule is CCCC(CNC(=O)C(C)(C)Oc1cccc(Cl)c1)C(=O)O. The van der Waals surface area contributed by atoms with Crippen molar-refractivity contribution in [1.29, 1.82) is 0 Å². The van der Waals surface area contributed by atoms with Gasteiger partial charge in [-0.2, -0.15) is 0 Å². The minimum atomic E-state index is -1.13. The molecule has 0 aliphatic heterocycles. The van der Waals surface area contributed by atoms with Gasteiger partial charge >= 0.3 is 5.97 Å². The molecule has 1 amide bonds. The molecule has 1 unspecified atom stereocenters. The zero-order valence-electron chi connectivity index (χ0n) is 13.1. The lowest BCUT2D eigenvalue weighted by Crippen LogP contribution is -2.48. The summed E-state index contributed by atoms with van der Waals surface area (Å²) in [5.74, 6) is -1.38. The quantitative estimate of drug-likeness (QED) is 0.769. The molecule has 1 atom stereocenters. The number of carbonyl (C=O) groups excluding carboxylic acids is 1. The second-order valence-corrected chi connectivity index (χ2v) is 6.04. The van der Waals surface area contributed by atoms with Crippen molar-refractivity contribution < 1.29 is 19.4 Å². The molecule has 0 spiro atoms. The number of hydrogen-bond donors (Lipinski definition) is 2. The van der Waals surface area contributed by atoms with Crippen molar-refractivity contribution in [3.05, 3.63) is 29.3 Å². The van der Waals surface area contributed by atoms with Gasteiger partial charge in [-0.3, -0.25) is 9.59 Å². The van der Waals surface area contributed by atoms with Gasteiger partial charge in [-0.25, -0.2) is 0 Å². The number of carboxylic acid groups (broad SMARTS) is 1. The number of rotatable bonds is 8. The summed E-state index contributed by atoms with van der Waals surface area (Å²) in [5, 5.41) is 12.3. The first kappa shape index (κ1) is 18.3. The van der Waals surface area contributed by atoms with E-state index in [0.29, 0.717) is 17.2 Å². The number of ether oxygens (including phenoxy) is 1. The number of hydrogen-bond acceptors (Lipinski definition) is 3. The van der Waals surface area contributed by atoms with Gasteiger partial charge in [0.25, 0.3) is 5.91 Å². The van der Waals surface area contributed by atoms with E-state index in [1.54, 1.807) is 38.1 Å². The molecule has 5 nitrogen and oxygen atoms in total. The Hall–Kier alpha value is -1.75. The molecule has 1 rings (SSSR count). The number of nitrogens with one attached hydrogen (secondary N) is 1. The molecule has 0 radical (unpaired) electrons. The standard InChI is InChI=1S/C16H22ClNO4/c1-4-6-11(14(19)20)10-18-15(21)16(2,3)22-13-8-5-7-12(17)9-13/h5,7-9,11H,4,6,10H2,1-3H3,(H,18,21)(H,19,20). The predicted octanol–water partition coefficient (Wildman–Crippen LogP) is 3.11. The fraction of sp³-hybridized carbons (Fsp3) is 0.500. The maximum atomic E-state index is 12.2. The highest BCUT2D eigenvalue weighted by Gasteiger charge is 2.31. The summed E-state index contributed by atoms with van der Waals surface area (Å²) in [5.41, 5.74) is -1.13. The van der Waals surface area contributed by atoms with Crippen molar-refractivity contribution in [1.82, 2.24) is 5.32 Å². The van der Waals surface area contributed by atoms with Crippen LogP contribution in [0.25, 0.3) is 0 Å². The molecule has 0 saturated heterocycles. The van der Waals surface area contributed by atoms with Gasteiger partial charge in [0.15, 0.2) is 5.60 Å². The van der Waals surface area contributed by atoms with Crippen LogP contribution in [0.1, 0.15) is 33.6 Å². The third-order valence-corrected chi connectivity index (χ3v) is 3.45. The van der Waals surface area contributed by atoms with Crippen LogP contribution in [0.2, 0.25) is 5.02 Å². The maximum Gasteiger partial charge on any atom is 0.308 e. The van der Waals surface area contributed by atoms with E-state index in [1.165, 1.54) is 0 Å². The fourth-order valence-electron chi connectivity index (χ4n) is 1.96. The first-order valence-electron chi connectivity index (χ1n) is 7.22. The van der Waals surface area contributed by atoms with Crippen molar-refractivity contribution >= 4 is 23.5 Å². The van der Waals surface area contributed by atoms with Crippen LogP contribution in [0.15, 0.2) is 24.3 Å². The molecule has 0 aliphatic carbocycles. The molecule has 1 aromatic rings. The Morgan fingerprint density at radius 2 is 2.09 bits per heavy atom. The largest absolute Gasteiger partial charge is 0.481 e. The molecule has 0 saturated carbocycles. The molecule has 0 aromatic heterocycles. The monoisotopic (exact) mass is 327 g/mol. The molecule has 0 bridgehead atoms. The van der Waals surface area contributed by atoms with Crippen molar-refractivity contribution in [2.24, 2.45) is 5.92 Å². The third kappa shape index (κ3) is 5.56. The molecule has 0 heterocycles. The van der Waals surface area contributed by atoms with Crippen LogP contribution in [0.3, 0.4) is 0 Å². The molecule has 2 N–H and O–H groups in total. The Labute approximate surface area is 135 Å². The van der Waals surface area contributed by atoms with Gasteiger partial charge in [0.1, 0.15) is 5.75 Å². The van der Waals surface area contributed by atoms with Gasteiger partial charge in [-0.15, -0.1) is 0 Å². The molecule has 122 valence electrons. The lowest BCUT2D eigenvalue weighted by atomic mass is 10.0. The van der Waals surface area contributed by atoms with Crippen LogP contribution < -0.4 is 10.1 Å². The van der Waals surface area contributed by atoms with Crippen LogP contribution in [0.4, 0.5) is 0 Å². The van der Waals surface area contributed by atoms with Gasteiger partial charge < -0.3 is 15.2 Å². The Kier molecular flexibility index (Phi) is 6.68. The summed E-state index contributed by atoms with van der Waals surface area (Å²) >= 11 is 5.88. The highest BCUT2D eigenvalue weighted by molar-refractivity contribution is 6.30. The maximum absolute atomic E-state index is 12.2. The smallest absolute Gasteiger partial charge is 0.308 e. The Balaban J connectivity index is 2.64. The lowest BCUT2D eigenvalue weighted by molar-refractivity contribution is -0.142. The van der Waals surface area contributed by atoms with Gasteiger partial charge in [-0.05, 0) is 38.5 Å². The van der Waals surface area contributed by atoms with E-state index in [9.17, 15) is 9.59 Å². The summed E-state index contributed by atoms with van der Waals surface area (Å²) in [6.07, 6.45) is 1.26. The van der Waals surface area contributed by atoms with Gasteiger partial charge in [0.05, 0.1) is 5.92 Å². The number of aliphatic carboxylic acids is 1. The number of halogens is 1. The fourth-order valence-corrected chi connectivity index (χ4v) is 2.14. The molecule has 6 heteroatoms. The summed E-state index contributed by atoms with van der Waals surface area (Å²) in [6.45, 7) is 5.24. The number of benzene rings is 1. The first-order valence-corrected chi connectivity index (χ1v) is 7.59. The second-order valence-electron chi connectivity index (χ2n) is 5.60. The Morgan fingerprint density at radius 3 is 2.64 bits per heavy atom. The van der Waals surface area contributed by atoms with E-state index in [0.717, 1.165) is 6.42 Å². The summed E-state index contributed by atoms with van der Waals surface area (Å²) in [7, 11) is 0. The van der Waals surface area contributed by atoms with Crippen molar-refractivity contribution in [3.63, 3.8) is 0 Å².